The number of hydrogen-bond donors (Lipinski definition) is 1. The lowest BCUT2D eigenvalue weighted by molar-refractivity contribution is -0.0148. The highest BCUT2D eigenvalue weighted by atomic mass is 16.3. The van der Waals surface area contributed by atoms with Gasteiger partial charge in [-0.25, -0.2) is 0 Å². The fraction of sp³-hybridized carbons (Fsp3) is 0.833. The second-order valence-electron chi connectivity index (χ2n) is 4.90. The minimum Gasteiger partial charge on any atom is -0.389 e. The van der Waals surface area contributed by atoms with Crippen LogP contribution in [0.4, 0.5) is 0 Å². The molecule has 1 aliphatic rings. The van der Waals surface area contributed by atoms with Gasteiger partial charge in [0.05, 0.1) is 5.60 Å². The molecule has 13 heavy (non-hydrogen) atoms. The normalized spacial score (nSPS) is 29.6. The predicted octanol–water partition coefficient (Wildman–Crippen LogP) is 3.14. The summed E-state index contributed by atoms with van der Waals surface area (Å²) >= 11 is 0. The van der Waals surface area contributed by atoms with Crippen molar-refractivity contribution >= 4 is 0 Å². The largest absolute Gasteiger partial charge is 0.389 e. The predicted molar refractivity (Wildman–Crippen MR) is 56.6 cm³/mol. The van der Waals surface area contributed by atoms with E-state index in [2.05, 4.69) is 33.8 Å². The number of hydrogen-bond acceptors (Lipinski definition) is 1. The van der Waals surface area contributed by atoms with E-state index in [1.54, 1.807) is 0 Å². The lowest BCUT2D eigenvalue weighted by Gasteiger charge is -2.35. The maximum Gasteiger partial charge on any atom is 0.0707 e. The van der Waals surface area contributed by atoms with Gasteiger partial charge in [0.1, 0.15) is 0 Å². The molecule has 0 saturated carbocycles. The molecule has 0 heterocycles. The second kappa shape index (κ2) is 3.83. The van der Waals surface area contributed by atoms with Crippen LogP contribution < -0.4 is 0 Å². The number of rotatable bonds is 2. The van der Waals surface area contributed by atoms with Crippen molar-refractivity contribution in [1.82, 2.24) is 0 Å². The molecule has 0 aromatic heterocycles. The minimum atomic E-state index is -0.432. The zero-order valence-electron chi connectivity index (χ0n) is 9.30. The standard InChI is InChI=1S/C12H22O/c1-9(2)11-5-7-12(13,8-6-11)10(3)4/h5,9-10,13H,6-8H2,1-4H3. The topological polar surface area (TPSA) is 20.2 Å². The molecule has 1 aliphatic carbocycles. The van der Waals surface area contributed by atoms with Gasteiger partial charge < -0.3 is 5.11 Å². The van der Waals surface area contributed by atoms with Crippen molar-refractivity contribution in [3.63, 3.8) is 0 Å². The minimum absolute atomic E-state index is 0.373. The van der Waals surface area contributed by atoms with Crippen molar-refractivity contribution in [2.45, 2.75) is 52.6 Å². The fourth-order valence-electron chi connectivity index (χ4n) is 1.92. The van der Waals surface area contributed by atoms with E-state index in [1.165, 1.54) is 5.57 Å². The Morgan fingerprint density at radius 3 is 2.23 bits per heavy atom. The summed E-state index contributed by atoms with van der Waals surface area (Å²) in [6, 6.07) is 0. The van der Waals surface area contributed by atoms with Crippen molar-refractivity contribution in [2.24, 2.45) is 11.8 Å². The molecule has 0 spiro atoms. The maximum absolute atomic E-state index is 10.2. The van der Waals surface area contributed by atoms with E-state index in [0.717, 1.165) is 19.3 Å². The Bertz CT molecular complexity index is 203. The number of aliphatic hydroxyl groups is 1. The Hall–Kier alpha value is -0.300. The van der Waals surface area contributed by atoms with E-state index in [1.807, 2.05) is 0 Å². The van der Waals surface area contributed by atoms with E-state index >= 15 is 0 Å². The second-order valence-corrected chi connectivity index (χ2v) is 4.90. The third-order valence-corrected chi connectivity index (χ3v) is 3.38. The third kappa shape index (κ3) is 2.34. The van der Waals surface area contributed by atoms with Gasteiger partial charge in [0.25, 0.3) is 0 Å². The van der Waals surface area contributed by atoms with Gasteiger partial charge in [-0.2, -0.15) is 0 Å². The Morgan fingerprint density at radius 1 is 1.31 bits per heavy atom. The quantitative estimate of drug-likeness (QED) is 0.650. The van der Waals surface area contributed by atoms with Crippen LogP contribution >= 0.6 is 0 Å². The molecule has 76 valence electrons. The molecule has 0 bridgehead atoms. The molecule has 1 rings (SSSR count). The summed E-state index contributed by atoms with van der Waals surface area (Å²) in [6.45, 7) is 8.67. The molecule has 0 radical (unpaired) electrons. The Kier molecular flexibility index (Phi) is 3.18. The molecule has 0 aromatic rings. The number of allylic oxidation sites excluding steroid dienone is 1. The molecule has 0 amide bonds. The molecule has 1 nitrogen and oxygen atoms in total. The fourth-order valence-corrected chi connectivity index (χ4v) is 1.92. The summed E-state index contributed by atoms with van der Waals surface area (Å²) in [5.74, 6) is 1.02. The van der Waals surface area contributed by atoms with Gasteiger partial charge in [0.2, 0.25) is 0 Å². The van der Waals surface area contributed by atoms with Crippen LogP contribution in [0.5, 0.6) is 0 Å². The summed E-state index contributed by atoms with van der Waals surface area (Å²) in [6.07, 6.45) is 5.10. The van der Waals surface area contributed by atoms with Gasteiger partial charge in [-0.1, -0.05) is 39.3 Å². The summed E-state index contributed by atoms with van der Waals surface area (Å²) in [4.78, 5) is 0. The first-order valence-electron chi connectivity index (χ1n) is 5.37. The molecule has 1 N–H and O–H groups in total. The lowest BCUT2D eigenvalue weighted by atomic mass is 9.76. The van der Waals surface area contributed by atoms with Crippen LogP contribution in [-0.2, 0) is 0 Å². The molecular formula is C12H22O. The van der Waals surface area contributed by atoms with Gasteiger partial charge in [0, 0.05) is 0 Å². The summed E-state index contributed by atoms with van der Waals surface area (Å²) in [7, 11) is 0. The molecule has 1 unspecified atom stereocenters. The molecule has 1 heteroatoms. The Morgan fingerprint density at radius 2 is 1.92 bits per heavy atom. The van der Waals surface area contributed by atoms with Crippen LogP contribution in [0.3, 0.4) is 0 Å². The van der Waals surface area contributed by atoms with Gasteiger partial charge in [-0.15, -0.1) is 0 Å². The molecule has 1 atom stereocenters. The van der Waals surface area contributed by atoms with Gasteiger partial charge in [0.15, 0.2) is 0 Å². The van der Waals surface area contributed by atoms with Gasteiger partial charge in [-0.05, 0) is 31.1 Å². The molecule has 0 aliphatic heterocycles. The highest BCUT2D eigenvalue weighted by molar-refractivity contribution is 5.12. The first-order chi connectivity index (χ1) is 5.96. The molecule has 0 saturated heterocycles. The van der Waals surface area contributed by atoms with E-state index in [4.69, 9.17) is 0 Å². The van der Waals surface area contributed by atoms with Crippen LogP contribution in [0.15, 0.2) is 11.6 Å². The summed E-state index contributed by atoms with van der Waals surface area (Å²) in [5.41, 5.74) is 1.09. The smallest absolute Gasteiger partial charge is 0.0707 e. The third-order valence-electron chi connectivity index (χ3n) is 3.38. The van der Waals surface area contributed by atoms with E-state index in [9.17, 15) is 5.11 Å². The van der Waals surface area contributed by atoms with Crippen LogP contribution in [0.2, 0.25) is 0 Å². The van der Waals surface area contributed by atoms with Crippen molar-refractivity contribution in [3.05, 3.63) is 11.6 Å². The van der Waals surface area contributed by atoms with Gasteiger partial charge >= 0.3 is 0 Å². The average Bonchev–Trinajstić information content (AvgIpc) is 2.04. The first kappa shape index (κ1) is 10.8. The zero-order valence-corrected chi connectivity index (χ0v) is 9.30. The van der Waals surface area contributed by atoms with E-state index in [0.29, 0.717) is 11.8 Å². The monoisotopic (exact) mass is 182 g/mol. The average molecular weight is 182 g/mol. The van der Waals surface area contributed by atoms with Crippen LogP contribution in [0.1, 0.15) is 47.0 Å². The molecule has 0 fully saturated rings. The van der Waals surface area contributed by atoms with E-state index in [-0.39, 0.29) is 0 Å². The maximum atomic E-state index is 10.2. The van der Waals surface area contributed by atoms with Gasteiger partial charge in [-0.3, -0.25) is 0 Å². The highest BCUT2D eigenvalue weighted by Gasteiger charge is 2.32. The van der Waals surface area contributed by atoms with Crippen molar-refractivity contribution in [1.29, 1.82) is 0 Å². The summed E-state index contributed by atoms with van der Waals surface area (Å²) < 4.78 is 0. The zero-order chi connectivity index (χ0) is 10.1. The Balaban J connectivity index is 2.65. The highest BCUT2D eigenvalue weighted by Crippen LogP contribution is 2.35. The first-order valence-corrected chi connectivity index (χ1v) is 5.37. The van der Waals surface area contributed by atoms with Crippen molar-refractivity contribution in [2.75, 3.05) is 0 Å². The molecule has 0 aromatic carbocycles. The van der Waals surface area contributed by atoms with Crippen molar-refractivity contribution in [3.8, 4) is 0 Å². The summed E-state index contributed by atoms with van der Waals surface area (Å²) in [5, 5.41) is 10.2. The van der Waals surface area contributed by atoms with Crippen LogP contribution in [0, 0.1) is 11.8 Å². The van der Waals surface area contributed by atoms with E-state index < -0.39 is 5.60 Å². The van der Waals surface area contributed by atoms with Crippen LogP contribution in [-0.4, -0.2) is 10.7 Å². The lowest BCUT2D eigenvalue weighted by Crippen LogP contribution is -2.36. The SMILES string of the molecule is CC(C)C1=CCC(O)(C(C)C)CC1. The Labute approximate surface area is 81.9 Å². The molecular weight excluding hydrogens is 160 g/mol. The van der Waals surface area contributed by atoms with Crippen molar-refractivity contribution < 1.29 is 5.11 Å². The van der Waals surface area contributed by atoms with Crippen LogP contribution in [0.25, 0.3) is 0 Å².